The van der Waals surface area contributed by atoms with Crippen LogP contribution in [0.5, 0.6) is 0 Å². The molecule has 10 heteroatoms. The van der Waals surface area contributed by atoms with Gasteiger partial charge in [0.2, 0.25) is 0 Å². The molecule has 0 atom stereocenters. The highest BCUT2D eigenvalue weighted by atomic mass is 35.5. The summed E-state index contributed by atoms with van der Waals surface area (Å²) >= 11 is 12.5. The van der Waals surface area contributed by atoms with E-state index in [9.17, 15) is 4.79 Å². The molecule has 1 saturated carbocycles. The van der Waals surface area contributed by atoms with Crippen LogP contribution in [0.25, 0.3) is 11.3 Å². The summed E-state index contributed by atoms with van der Waals surface area (Å²) in [5.74, 6) is -0.244. The Labute approximate surface area is 212 Å². The first-order valence-electron chi connectivity index (χ1n) is 10.8. The second-order valence-corrected chi connectivity index (χ2v) is 8.49. The standard InChI is InChI=1S/C22H30Cl2N4O2.2ClH/c23-18-9-6-10-19(24)20(18)21-17(15-30-28-21)22(29)27-12-5-4-11-25-13-14-26-16-7-2-1-3-8-16;;/h6,9-10,15-16,25-26H,1-5,7-8,11-14H2,(H,27,29);2*1H. The van der Waals surface area contributed by atoms with Crippen molar-refractivity contribution in [3.63, 3.8) is 0 Å². The van der Waals surface area contributed by atoms with Gasteiger partial charge in [-0.15, -0.1) is 24.8 Å². The van der Waals surface area contributed by atoms with Crippen molar-refractivity contribution in [1.82, 2.24) is 21.1 Å². The highest BCUT2D eigenvalue weighted by Gasteiger charge is 2.21. The maximum atomic E-state index is 12.5. The molecule has 1 aromatic carbocycles. The molecule has 3 rings (SSSR count). The number of aromatic nitrogens is 1. The van der Waals surface area contributed by atoms with Crippen LogP contribution in [-0.4, -0.2) is 43.3 Å². The van der Waals surface area contributed by atoms with Crippen LogP contribution in [0.2, 0.25) is 10.0 Å². The summed E-state index contributed by atoms with van der Waals surface area (Å²) in [4.78, 5) is 12.5. The molecule has 32 heavy (non-hydrogen) atoms. The molecular formula is C22H32Cl4N4O2. The van der Waals surface area contributed by atoms with Crippen molar-refractivity contribution < 1.29 is 9.32 Å². The van der Waals surface area contributed by atoms with Crippen molar-refractivity contribution in [3.05, 3.63) is 40.1 Å². The number of rotatable bonds is 11. The number of halogens is 4. The van der Waals surface area contributed by atoms with Crippen LogP contribution in [0.1, 0.15) is 55.3 Å². The maximum Gasteiger partial charge on any atom is 0.256 e. The van der Waals surface area contributed by atoms with E-state index in [0.717, 1.165) is 32.5 Å². The molecule has 1 fully saturated rings. The fraction of sp³-hybridized carbons (Fsp3) is 0.545. The molecular weight excluding hydrogens is 494 g/mol. The number of nitrogens with one attached hydrogen (secondary N) is 3. The van der Waals surface area contributed by atoms with Crippen molar-refractivity contribution in [2.24, 2.45) is 0 Å². The zero-order valence-electron chi connectivity index (χ0n) is 18.0. The molecule has 0 radical (unpaired) electrons. The molecule has 2 aromatic rings. The second-order valence-electron chi connectivity index (χ2n) is 7.68. The number of hydrogen-bond donors (Lipinski definition) is 3. The van der Waals surface area contributed by atoms with Crippen LogP contribution in [0.3, 0.4) is 0 Å². The summed E-state index contributed by atoms with van der Waals surface area (Å²) in [6, 6.07) is 5.86. The van der Waals surface area contributed by atoms with Crippen LogP contribution >= 0.6 is 48.0 Å². The van der Waals surface area contributed by atoms with E-state index in [0.29, 0.717) is 39.5 Å². The van der Waals surface area contributed by atoms with Gasteiger partial charge in [-0.05, 0) is 44.4 Å². The van der Waals surface area contributed by atoms with Crippen molar-refractivity contribution in [2.45, 2.75) is 51.0 Å². The van der Waals surface area contributed by atoms with Gasteiger partial charge < -0.3 is 20.5 Å². The first-order valence-corrected chi connectivity index (χ1v) is 11.5. The molecule has 180 valence electrons. The van der Waals surface area contributed by atoms with Crippen molar-refractivity contribution >= 4 is 53.9 Å². The zero-order chi connectivity index (χ0) is 21.2. The van der Waals surface area contributed by atoms with Crippen LogP contribution in [-0.2, 0) is 0 Å². The third-order valence-electron chi connectivity index (χ3n) is 5.42. The number of benzene rings is 1. The first kappa shape index (κ1) is 29.0. The Morgan fingerprint density at radius 2 is 1.69 bits per heavy atom. The molecule has 1 aliphatic carbocycles. The third kappa shape index (κ3) is 8.73. The largest absolute Gasteiger partial charge is 0.363 e. The molecule has 0 saturated heterocycles. The number of amides is 1. The average Bonchev–Trinajstić information content (AvgIpc) is 3.22. The SMILES string of the molecule is Cl.Cl.O=C(NCCCCNCCNC1CCCCC1)c1conc1-c1c(Cl)cccc1Cl. The van der Waals surface area contributed by atoms with E-state index in [1.54, 1.807) is 18.2 Å². The highest BCUT2D eigenvalue weighted by molar-refractivity contribution is 6.39. The highest BCUT2D eigenvalue weighted by Crippen LogP contribution is 2.35. The monoisotopic (exact) mass is 524 g/mol. The average molecular weight is 526 g/mol. The van der Waals surface area contributed by atoms with Gasteiger partial charge in [0.1, 0.15) is 17.5 Å². The summed E-state index contributed by atoms with van der Waals surface area (Å²) in [5, 5.41) is 14.8. The van der Waals surface area contributed by atoms with Crippen LogP contribution < -0.4 is 16.0 Å². The van der Waals surface area contributed by atoms with Gasteiger partial charge in [0.25, 0.3) is 5.91 Å². The van der Waals surface area contributed by atoms with E-state index in [2.05, 4.69) is 21.1 Å². The lowest BCUT2D eigenvalue weighted by Gasteiger charge is -2.22. The topological polar surface area (TPSA) is 79.2 Å². The van der Waals surface area contributed by atoms with Crippen LogP contribution in [0.15, 0.2) is 29.0 Å². The summed E-state index contributed by atoms with van der Waals surface area (Å²) in [5.41, 5.74) is 1.19. The van der Waals surface area contributed by atoms with E-state index < -0.39 is 0 Å². The Morgan fingerprint density at radius 3 is 2.41 bits per heavy atom. The predicted octanol–water partition coefficient (Wildman–Crippen LogP) is 5.51. The Bertz CT molecular complexity index is 793. The quantitative estimate of drug-likeness (QED) is 0.337. The fourth-order valence-corrected chi connectivity index (χ4v) is 4.35. The van der Waals surface area contributed by atoms with Gasteiger partial charge in [0.15, 0.2) is 0 Å². The molecule has 1 heterocycles. The molecule has 0 spiro atoms. The zero-order valence-corrected chi connectivity index (χ0v) is 21.1. The van der Waals surface area contributed by atoms with Crippen molar-refractivity contribution in [3.8, 4) is 11.3 Å². The molecule has 0 unspecified atom stereocenters. The van der Waals surface area contributed by atoms with Gasteiger partial charge in [0, 0.05) is 31.2 Å². The van der Waals surface area contributed by atoms with Crippen molar-refractivity contribution in [2.75, 3.05) is 26.2 Å². The van der Waals surface area contributed by atoms with Gasteiger partial charge in [-0.25, -0.2) is 0 Å². The molecule has 1 amide bonds. The fourth-order valence-electron chi connectivity index (χ4n) is 3.77. The molecule has 0 aliphatic heterocycles. The number of nitrogens with zero attached hydrogens (tertiary/aromatic N) is 1. The van der Waals surface area contributed by atoms with Gasteiger partial charge in [-0.2, -0.15) is 0 Å². The Balaban J connectivity index is 0.00000256. The number of carbonyl (C=O) groups excluding carboxylic acids is 1. The Hall–Kier alpha value is -1.02. The minimum absolute atomic E-state index is 0. The molecule has 0 bridgehead atoms. The van der Waals surface area contributed by atoms with Crippen molar-refractivity contribution in [1.29, 1.82) is 0 Å². The molecule has 6 nitrogen and oxygen atoms in total. The van der Waals surface area contributed by atoms with Gasteiger partial charge in [0.05, 0.1) is 10.0 Å². The first-order chi connectivity index (χ1) is 14.7. The predicted molar refractivity (Wildman–Crippen MR) is 136 cm³/mol. The molecule has 1 aromatic heterocycles. The normalized spacial score (nSPS) is 13.8. The number of unbranched alkanes of at least 4 members (excludes halogenated alkanes) is 1. The lowest BCUT2D eigenvalue weighted by atomic mass is 9.95. The lowest BCUT2D eigenvalue weighted by Crippen LogP contribution is -2.36. The van der Waals surface area contributed by atoms with E-state index in [1.807, 2.05) is 0 Å². The summed E-state index contributed by atoms with van der Waals surface area (Å²) in [6.45, 7) is 3.52. The lowest BCUT2D eigenvalue weighted by molar-refractivity contribution is 0.0953. The summed E-state index contributed by atoms with van der Waals surface area (Å²) < 4.78 is 5.01. The van der Waals surface area contributed by atoms with E-state index in [1.165, 1.54) is 38.4 Å². The number of carbonyl (C=O) groups is 1. The summed E-state index contributed by atoms with van der Waals surface area (Å²) in [6.07, 6.45) is 9.95. The Kier molecular flexibility index (Phi) is 14.3. The van der Waals surface area contributed by atoms with Crippen LogP contribution in [0, 0.1) is 0 Å². The molecule has 3 N–H and O–H groups in total. The maximum absolute atomic E-state index is 12.5. The number of hydrogen-bond acceptors (Lipinski definition) is 5. The second kappa shape index (κ2) is 15.8. The Morgan fingerprint density at radius 1 is 1.00 bits per heavy atom. The minimum Gasteiger partial charge on any atom is -0.363 e. The summed E-state index contributed by atoms with van der Waals surface area (Å²) in [7, 11) is 0. The van der Waals surface area contributed by atoms with E-state index in [4.69, 9.17) is 27.7 Å². The van der Waals surface area contributed by atoms with E-state index >= 15 is 0 Å². The van der Waals surface area contributed by atoms with Gasteiger partial charge in [-0.3, -0.25) is 4.79 Å². The van der Waals surface area contributed by atoms with Gasteiger partial charge in [-0.1, -0.05) is 53.7 Å². The smallest absolute Gasteiger partial charge is 0.256 e. The van der Waals surface area contributed by atoms with Crippen LogP contribution in [0.4, 0.5) is 0 Å². The third-order valence-corrected chi connectivity index (χ3v) is 6.05. The van der Waals surface area contributed by atoms with Gasteiger partial charge >= 0.3 is 0 Å². The molecule has 1 aliphatic rings. The van der Waals surface area contributed by atoms with E-state index in [-0.39, 0.29) is 30.7 Å². The minimum atomic E-state index is -0.244.